The minimum atomic E-state index is -1.35. The standard InChI is InChI=1S/C21H25N7O7/c1-27-13(8-23-17-16(27)19(33)26-21(22)25-17)9-28(10-29)12-4-2-11(3-5-12)18(32)24-14(20(34)35)6-7-15(30)31/h2-5,10,13-14H,6-9H2,1H3,(H,24,32)(H,30,31)(H,34,35)(H4,22,23,25,26,33)/t13-,14?/m0/s1. The fraction of sp³-hybridized carbons (Fsp3) is 0.333. The monoisotopic (exact) mass is 487 g/mol. The second-order valence-corrected chi connectivity index (χ2v) is 7.90. The van der Waals surface area contributed by atoms with E-state index in [0.29, 0.717) is 30.1 Å². The summed E-state index contributed by atoms with van der Waals surface area (Å²) in [5.74, 6) is -2.86. The topological polar surface area (TPSA) is 211 Å². The van der Waals surface area contributed by atoms with E-state index in [1.807, 2.05) is 0 Å². The number of nitrogens with zero attached hydrogens (tertiary/aromatic N) is 3. The number of likely N-dealkylation sites (N-methyl/N-ethyl adjacent to an activating group) is 1. The second kappa shape index (κ2) is 10.5. The summed E-state index contributed by atoms with van der Waals surface area (Å²) in [4.78, 5) is 68.2. The van der Waals surface area contributed by atoms with Gasteiger partial charge in [-0.2, -0.15) is 4.98 Å². The zero-order chi connectivity index (χ0) is 25.7. The molecule has 3 rings (SSSR count). The molecule has 2 amide bonds. The van der Waals surface area contributed by atoms with E-state index in [0.717, 1.165) is 0 Å². The fourth-order valence-electron chi connectivity index (χ4n) is 3.66. The number of anilines is 4. The van der Waals surface area contributed by atoms with Gasteiger partial charge in [-0.05, 0) is 30.7 Å². The van der Waals surface area contributed by atoms with Crippen LogP contribution in [-0.2, 0) is 14.4 Å². The lowest BCUT2D eigenvalue weighted by Gasteiger charge is -2.37. The molecule has 0 spiro atoms. The molecule has 1 aliphatic rings. The van der Waals surface area contributed by atoms with Gasteiger partial charge in [-0.25, -0.2) is 4.79 Å². The maximum Gasteiger partial charge on any atom is 0.326 e. The molecule has 35 heavy (non-hydrogen) atoms. The van der Waals surface area contributed by atoms with Gasteiger partial charge in [-0.3, -0.25) is 24.2 Å². The number of benzene rings is 1. The van der Waals surface area contributed by atoms with E-state index in [9.17, 15) is 29.1 Å². The van der Waals surface area contributed by atoms with Gasteiger partial charge in [0.05, 0.1) is 6.04 Å². The molecule has 0 fully saturated rings. The molecular formula is C21H25N7O7. The number of aromatic nitrogens is 2. The SMILES string of the molecule is CN1c2c(nc(N)[nH]c2=O)NC[C@H]1CN(C=O)c1ccc(C(=O)NC(CCC(=O)O)C(=O)O)cc1. The van der Waals surface area contributed by atoms with E-state index in [-0.39, 0.29) is 30.5 Å². The van der Waals surface area contributed by atoms with E-state index in [2.05, 4.69) is 20.6 Å². The number of H-pyrrole nitrogens is 1. The number of carboxylic acid groups (broad SMARTS) is 2. The molecule has 186 valence electrons. The highest BCUT2D eigenvalue weighted by Gasteiger charge is 2.29. The number of aromatic amines is 1. The normalized spacial score (nSPS) is 15.3. The Morgan fingerprint density at radius 1 is 1.31 bits per heavy atom. The maximum atomic E-state index is 12.4. The third kappa shape index (κ3) is 5.85. The van der Waals surface area contributed by atoms with Gasteiger partial charge in [0, 0.05) is 37.8 Å². The highest BCUT2D eigenvalue weighted by atomic mass is 16.4. The third-order valence-electron chi connectivity index (χ3n) is 5.56. The minimum absolute atomic E-state index is 0.0108. The molecule has 0 saturated heterocycles. The molecule has 14 nitrogen and oxygen atoms in total. The number of amides is 2. The molecule has 2 atom stereocenters. The molecule has 0 aliphatic carbocycles. The van der Waals surface area contributed by atoms with Gasteiger partial charge < -0.3 is 36.4 Å². The summed E-state index contributed by atoms with van der Waals surface area (Å²) in [6.45, 7) is 0.592. The van der Waals surface area contributed by atoms with Gasteiger partial charge in [0.2, 0.25) is 12.4 Å². The molecular weight excluding hydrogens is 462 g/mol. The van der Waals surface area contributed by atoms with Crippen LogP contribution in [0.3, 0.4) is 0 Å². The predicted molar refractivity (Wildman–Crippen MR) is 126 cm³/mol. The quantitative estimate of drug-likeness (QED) is 0.230. The average molecular weight is 487 g/mol. The highest BCUT2D eigenvalue weighted by molar-refractivity contribution is 5.97. The lowest BCUT2D eigenvalue weighted by molar-refractivity contribution is -0.140. The first kappa shape index (κ1) is 25.0. The lowest BCUT2D eigenvalue weighted by Crippen LogP contribution is -2.50. The Labute approximate surface area is 198 Å². The zero-order valence-electron chi connectivity index (χ0n) is 18.7. The van der Waals surface area contributed by atoms with E-state index < -0.39 is 35.9 Å². The van der Waals surface area contributed by atoms with Gasteiger partial charge in [-0.1, -0.05) is 0 Å². The number of carbonyl (C=O) groups is 4. The van der Waals surface area contributed by atoms with Crippen LogP contribution in [-0.4, -0.2) is 76.7 Å². The molecule has 7 N–H and O–H groups in total. The molecule has 0 bridgehead atoms. The summed E-state index contributed by atoms with van der Waals surface area (Å²) < 4.78 is 0. The zero-order valence-corrected chi connectivity index (χ0v) is 18.7. The van der Waals surface area contributed by atoms with E-state index in [4.69, 9.17) is 10.8 Å². The maximum absolute atomic E-state index is 12.4. The van der Waals surface area contributed by atoms with Crippen molar-refractivity contribution in [3.05, 3.63) is 40.2 Å². The first-order valence-corrected chi connectivity index (χ1v) is 10.5. The number of nitrogen functional groups attached to an aromatic ring is 1. The summed E-state index contributed by atoms with van der Waals surface area (Å²) in [7, 11) is 1.71. The van der Waals surface area contributed by atoms with Gasteiger partial charge in [0.15, 0.2) is 5.82 Å². The molecule has 1 aromatic heterocycles. The largest absolute Gasteiger partial charge is 0.481 e. The van der Waals surface area contributed by atoms with Crippen molar-refractivity contribution in [2.24, 2.45) is 0 Å². The summed E-state index contributed by atoms with van der Waals surface area (Å²) in [6.07, 6.45) is -0.0462. The number of rotatable bonds is 10. The van der Waals surface area contributed by atoms with Gasteiger partial charge in [0.1, 0.15) is 11.7 Å². The molecule has 1 unspecified atom stereocenters. The number of carboxylic acids is 2. The average Bonchev–Trinajstić information content (AvgIpc) is 2.80. The molecule has 1 aromatic carbocycles. The number of nitrogens with two attached hydrogens (primary N) is 1. The van der Waals surface area contributed by atoms with Crippen LogP contribution in [0.2, 0.25) is 0 Å². The Kier molecular flexibility index (Phi) is 7.53. The molecule has 0 saturated carbocycles. The fourth-order valence-corrected chi connectivity index (χ4v) is 3.66. The van der Waals surface area contributed by atoms with Crippen LogP contribution in [0.25, 0.3) is 0 Å². The number of fused-ring (bicyclic) bond motifs is 1. The van der Waals surface area contributed by atoms with Crippen LogP contribution in [0, 0.1) is 0 Å². The van der Waals surface area contributed by atoms with Crippen LogP contribution in [0.5, 0.6) is 0 Å². The Morgan fingerprint density at radius 3 is 2.60 bits per heavy atom. The van der Waals surface area contributed by atoms with Crippen LogP contribution in [0.4, 0.5) is 23.1 Å². The number of hydrogen-bond acceptors (Lipinski definition) is 9. The van der Waals surface area contributed by atoms with Crippen molar-refractivity contribution in [3.63, 3.8) is 0 Å². The van der Waals surface area contributed by atoms with Crippen LogP contribution < -0.4 is 31.7 Å². The van der Waals surface area contributed by atoms with Crippen molar-refractivity contribution >= 4 is 47.4 Å². The van der Waals surface area contributed by atoms with Crippen molar-refractivity contribution in [2.45, 2.75) is 24.9 Å². The molecule has 0 radical (unpaired) electrons. The molecule has 14 heteroatoms. The van der Waals surface area contributed by atoms with Crippen molar-refractivity contribution < 1.29 is 29.4 Å². The minimum Gasteiger partial charge on any atom is -0.481 e. The van der Waals surface area contributed by atoms with Gasteiger partial charge >= 0.3 is 11.9 Å². The Morgan fingerprint density at radius 2 is 2.00 bits per heavy atom. The number of carbonyl (C=O) groups excluding carboxylic acids is 2. The smallest absolute Gasteiger partial charge is 0.326 e. The van der Waals surface area contributed by atoms with E-state index in [1.54, 1.807) is 11.9 Å². The van der Waals surface area contributed by atoms with Gasteiger partial charge in [-0.15, -0.1) is 0 Å². The van der Waals surface area contributed by atoms with E-state index >= 15 is 0 Å². The Hall–Kier alpha value is -4.62. The first-order valence-electron chi connectivity index (χ1n) is 10.5. The summed E-state index contributed by atoms with van der Waals surface area (Å²) >= 11 is 0. The van der Waals surface area contributed by atoms with Crippen LogP contribution in [0.15, 0.2) is 29.1 Å². The van der Waals surface area contributed by atoms with Crippen molar-refractivity contribution in [1.82, 2.24) is 15.3 Å². The number of hydrogen-bond donors (Lipinski definition) is 6. The Balaban J connectivity index is 1.69. The lowest BCUT2D eigenvalue weighted by atomic mass is 10.1. The number of nitrogens with one attached hydrogen (secondary N) is 3. The second-order valence-electron chi connectivity index (χ2n) is 7.90. The molecule has 2 heterocycles. The molecule has 1 aliphatic heterocycles. The summed E-state index contributed by atoms with van der Waals surface area (Å²) in [5, 5.41) is 23.3. The van der Waals surface area contributed by atoms with Crippen molar-refractivity contribution in [1.29, 1.82) is 0 Å². The van der Waals surface area contributed by atoms with Crippen LogP contribution >= 0.6 is 0 Å². The van der Waals surface area contributed by atoms with Crippen molar-refractivity contribution in [3.8, 4) is 0 Å². The van der Waals surface area contributed by atoms with Crippen molar-refractivity contribution in [2.75, 3.05) is 41.0 Å². The Bertz CT molecular complexity index is 1180. The van der Waals surface area contributed by atoms with Crippen LogP contribution in [0.1, 0.15) is 23.2 Å². The number of aliphatic carboxylic acids is 2. The third-order valence-corrected chi connectivity index (χ3v) is 5.56. The summed E-state index contributed by atoms with van der Waals surface area (Å²) in [6, 6.07) is 4.26. The predicted octanol–water partition coefficient (Wildman–Crippen LogP) is -0.707. The van der Waals surface area contributed by atoms with E-state index in [1.165, 1.54) is 29.2 Å². The van der Waals surface area contributed by atoms with Gasteiger partial charge in [0.25, 0.3) is 11.5 Å². The highest BCUT2D eigenvalue weighted by Crippen LogP contribution is 2.26. The summed E-state index contributed by atoms with van der Waals surface area (Å²) in [5.41, 5.74) is 6.08. The molecule has 2 aromatic rings. The first-order chi connectivity index (χ1) is 16.6.